The Kier molecular flexibility index (Phi) is 6.25. The van der Waals surface area contributed by atoms with E-state index in [1.54, 1.807) is 19.1 Å². The Balaban J connectivity index is 1.97. The van der Waals surface area contributed by atoms with E-state index >= 15 is 0 Å². The molecule has 2 aromatic rings. The summed E-state index contributed by atoms with van der Waals surface area (Å²) in [5, 5.41) is 12.4. The smallest absolute Gasteiger partial charge is 0.230 e. The van der Waals surface area contributed by atoms with Crippen LogP contribution in [0.15, 0.2) is 35.4 Å². The largest absolute Gasteiger partial charge is 0.351 e. The number of thioether (sulfide) groups is 1. The number of halogens is 1. The molecule has 0 aliphatic heterocycles. The van der Waals surface area contributed by atoms with Crippen LogP contribution in [-0.2, 0) is 11.3 Å². The first-order valence-corrected chi connectivity index (χ1v) is 8.46. The number of nitrogens with one attached hydrogen (secondary N) is 1. The summed E-state index contributed by atoms with van der Waals surface area (Å²) in [6.07, 6.45) is 0. The molecule has 7 heteroatoms. The fourth-order valence-corrected chi connectivity index (χ4v) is 2.95. The van der Waals surface area contributed by atoms with Gasteiger partial charge in [-0.1, -0.05) is 23.9 Å². The van der Waals surface area contributed by atoms with Gasteiger partial charge in [-0.3, -0.25) is 9.59 Å². The number of nitrogens with zero attached hydrogens (tertiary/aromatic N) is 2. The van der Waals surface area contributed by atoms with Crippen molar-refractivity contribution in [1.29, 1.82) is 5.26 Å². The molecule has 1 aromatic carbocycles. The van der Waals surface area contributed by atoms with Crippen LogP contribution in [-0.4, -0.2) is 22.4 Å². The number of aryl methyl sites for hydroxylation is 1. The number of hydrogen-bond donors (Lipinski definition) is 1. The molecule has 1 amide bonds. The Morgan fingerprint density at radius 3 is 2.60 bits per heavy atom. The number of aromatic nitrogens is 1. The van der Waals surface area contributed by atoms with E-state index in [9.17, 15) is 19.2 Å². The van der Waals surface area contributed by atoms with Crippen molar-refractivity contribution in [1.82, 2.24) is 10.3 Å². The molecule has 0 fully saturated rings. The molecule has 0 bridgehead atoms. The highest BCUT2D eigenvalue weighted by Crippen LogP contribution is 2.23. The zero-order chi connectivity index (χ0) is 18.4. The van der Waals surface area contributed by atoms with E-state index in [4.69, 9.17) is 0 Å². The minimum atomic E-state index is -0.329. The van der Waals surface area contributed by atoms with E-state index in [0.29, 0.717) is 22.8 Å². The maximum Gasteiger partial charge on any atom is 0.230 e. The summed E-state index contributed by atoms with van der Waals surface area (Å²) >= 11 is 1.13. The zero-order valence-corrected chi connectivity index (χ0v) is 14.6. The van der Waals surface area contributed by atoms with Crippen molar-refractivity contribution in [3.05, 3.63) is 58.5 Å². The number of rotatable bonds is 6. The van der Waals surface area contributed by atoms with E-state index < -0.39 is 0 Å². The van der Waals surface area contributed by atoms with Gasteiger partial charge in [-0.15, -0.1) is 0 Å². The van der Waals surface area contributed by atoms with Crippen LogP contribution >= 0.6 is 11.8 Å². The summed E-state index contributed by atoms with van der Waals surface area (Å²) in [6.45, 7) is 3.40. The summed E-state index contributed by atoms with van der Waals surface area (Å²) in [4.78, 5) is 27.7. The van der Waals surface area contributed by atoms with Crippen LogP contribution in [0.5, 0.6) is 0 Å². The van der Waals surface area contributed by atoms with Crippen LogP contribution < -0.4 is 5.32 Å². The van der Waals surface area contributed by atoms with E-state index in [1.807, 2.05) is 6.07 Å². The lowest BCUT2D eigenvalue weighted by atomic mass is 10.1. The van der Waals surface area contributed by atoms with Gasteiger partial charge in [0.05, 0.1) is 11.3 Å². The monoisotopic (exact) mass is 357 g/mol. The summed E-state index contributed by atoms with van der Waals surface area (Å²) in [5.74, 6) is -0.629. The second-order valence-corrected chi connectivity index (χ2v) is 6.30. The molecule has 128 valence electrons. The second-order valence-electron chi connectivity index (χ2n) is 5.33. The van der Waals surface area contributed by atoms with Gasteiger partial charge < -0.3 is 5.32 Å². The van der Waals surface area contributed by atoms with Crippen molar-refractivity contribution in [3.63, 3.8) is 0 Å². The molecule has 2 rings (SSSR count). The van der Waals surface area contributed by atoms with Crippen molar-refractivity contribution in [2.75, 3.05) is 5.75 Å². The summed E-state index contributed by atoms with van der Waals surface area (Å²) in [5.41, 5.74) is 1.99. The number of amides is 1. The van der Waals surface area contributed by atoms with E-state index in [-0.39, 0.29) is 28.8 Å². The zero-order valence-electron chi connectivity index (χ0n) is 13.8. The maximum atomic E-state index is 12.8. The Hall–Kier alpha value is -2.72. The minimum absolute atomic E-state index is 0.0851. The van der Waals surface area contributed by atoms with Crippen molar-refractivity contribution in [2.45, 2.75) is 25.4 Å². The highest BCUT2D eigenvalue weighted by molar-refractivity contribution is 8.00. The van der Waals surface area contributed by atoms with Gasteiger partial charge in [-0.05, 0) is 37.6 Å². The number of pyridine rings is 1. The van der Waals surface area contributed by atoms with Crippen molar-refractivity contribution >= 4 is 23.5 Å². The van der Waals surface area contributed by atoms with Crippen LogP contribution in [0.3, 0.4) is 0 Å². The third-order valence-electron chi connectivity index (χ3n) is 3.42. The third-order valence-corrected chi connectivity index (χ3v) is 4.41. The molecule has 0 atom stereocenters. The van der Waals surface area contributed by atoms with Crippen LogP contribution in [0.2, 0.25) is 0 Å². The van der Waals surface area contributed by atoms with Gasteiger partial charge >= 0.3 is 0 Å². The van der Waals surface area contributed by atoms with Gasteiger partial charge in [0, 0.05) is 17.8 Å². The molecule has 25 heavy (non-hydrogen) atoms. The van der Waals surface area contributed by atoms with Gasteiger partial charge in [0.1, 0.15) is 16.9 Å². The van der Waals surface area contributed by atoms with Crippen LogP contribution in [0, 0.1) is 24.1 Å². The number of hydrogen-bond acceptors (Lipinski definition) is 5. The maximum absolute atomic E-state index is 12.8. The number of ketones is 1. The lowest BCUT2D eigenvalue weighted by Crippen LogP contribution is -2.24. The lowest BCUT2D eigenvalue weighted by molar-refractivity contribution is -0.118. The van der Waals surface area contributed by atoms with Gasteiger partial charge in [0.2, 0.25) is 5.91 Å². The normalized spacial score (nSPS) is 10.2. The van der Waals surface area contributed by atoms with Crippen LogP contribution in [0.25, 0.3) is 0 Å². The molecular weight excluding hydrogens is 341 g/mol. The molecule has 0 spiro atoms. The standard InChI is InChI=1S/C18H16FN3O2S/c1-11-16(12(2)23)7-14(8-20)18(22-11)25-10-17(24)21-9-13-3-5-15(19)6-4-13/h3-7H,9-10H2,1-2H3,(H,21,24). The molecule has 0 unspecified atom stereocenters. The highest BCUT2D eigenvalue weighted by Gasteiger charge is 2.14. The number of carbonyl (C=O) groups is 2. The molecule has 0 aliphatic rings. The van der Waals surface area contributed by atoms with Crippen LogP contribution in [0.1, 0.15) is 34.1 Å². The van der Waals surface area contributed by atoms with E-state index in [0.717, 1.165) is 17.3 Å². The Bertz CT molecular complexity index is 845. The fraction of sp³-hybridized carbons (Fsp3) is 0.222. The molecule has 1 aromatic heterocycles. The number of benzene rings is 1. The number of carbonyl (C=O) groups excluding carboxylic acids is 2. The summed E-state index contributed by atoms with van der Waals surface area (Å²) in [6, 6.07) is 9.37. The first-order chi connectivity index (χ1) is 11.9. The summed E-state index contributed by atoms with van der Waals surface area (Å²) < 4.78 is 12.8. The number of nitriles is 1. The van der Waals surface area contributed by atoms with Crippen LogP contribution in [0.4, 0.5) is 4.39 Å². The van der Waals surface area contributed by atoms with Gasteiger partial charge in [0.15, 0.2) is 5.78 Å². The molecule has 0 saturated carbocycles. The minimum Gasteiger partial charge on any atom is -0.351 e. The second kappa shape index (κ2) is 8.40. The first-order valence-electron chi connectivity index (χ1n) is 7.47. The molecule has 5 nitrogen and oxygen atoms in total. The van der Waals surface area contributed by atoms with E-state index in [1.165, 1.54) is 25.1 Å². The summed E-state index contributed by atoms with van der Waals surface area (Å²) in [7, 11) is 0. The Morgan fingerprint density at radius 1 is 1.32 bits per heavy atom. The molecular formula is C18H16FN3O2S. The SMILES string of the molecule is CC(=O)c1cc(C#N)c(SCC(=O)NCc2ccc(F)cc2)nc1C. The molecule has 0 radical (unpaired) electrons. The van der Waals surface area contributed by atoms with Gasteiger partial charge in [0.25, 0.3) is 0 Å². The predicted octanol–water partition coefficient (Wildman–Crippen LogP) is 3.01. The average molecular weight is 357 g/mol. The van der Waals surface area contributed by atoms with Crippen molar-refractivity contribution in [2.24, 2.45) is 0 Å². The highest BCUT2D eigenvalue weighted by atomic mass is 32.2. The fourth-order valence-electron chi connectivity index (χ4n) is 2.12. The van der Waals surface area contributed by atoms with Gasteiger partial charge in [-0.25, -0.2) is 9.37 Å². The average Bonchev–Trinajstić information content (AvgIpc) is 2.59. The molecule has 1 N–H and O–H groups in total. The predicted molar refractivity (Wildman–Crippen MR) is 92.7 cm³/mol. The Labute approximate surface area is 149 Å². The van der Waals surface area contributed by atoms with Crippen molar-refractivity contribution < 1.29 is 14.0 Å². The molecule has 0 saturated heterocycles. The lowest BCUT2D eigenvalue weighted by Gasteiger charge is -2.08. The third kappa shape index (κ3) is 5.13. The van der Waals surface area contributed by atoms with Gasteiger partial charge in [-0.2, -0.15) is 5.26 Å². The molecule has 0 aliphatic carbocycles. The van der Waals surface area contributed by atoms with Crippen molar-refractivity contribution in [3.8, 4) is 6.07 Å². The topological polar surface area (TPSA) is 82.8 Å². The Morgan fingerprint density at radius 2 is 2.00 bits per heavy atom. The molecule has 1 heterocycles. The number of Topliss-reactive ketones (excluding diaryl/α,β-unsaturated/α-hetero) is 1. The first kappa shape index (κ1) is 18.6. The van der Waals surface area contributed by atoms with E-state index in [2.05, 4.69) is 10.3 Å². The quantitative estimate of drug-likeness (QED) is 0.635.